The molecule has 1 heterocycles. The second-order valence-corrected chi connectivity index (χ2v) is 4.96. The van der Waals surface area contributed by atoms with E-state index in [0.717, 1.165) is 25.2 Å². The van der Waals surface area contributed by atoms with E-state index < -0.39 is 0 Å². The van der Waals surface area contributed by atoms with Crippen molar-refractivity contribution in [1.29, 1.82) is 0 Å². The molecule has 0 radical (unpaired) electrons. The van der Waals surface area contributed by atoms with Crippen molar-refractivity contribution in [2.24, 2.45) is 0 Å². The largest absolute Gasteiger partial charge is 0.494 e. The first-order valence-electron chi connectivity index (χ1n) is 6.80. The van der Waals surface area contributed by atoms with Crippen LogP contribution >= 0.6 is 0 Å². The molecule has 0 amide bonds. The molecule has 2 rings (SSSR count). The third-order valence-electron chi connectivity index (χ3n) is 3.35. The van der Waals surface area contributed by atoms with Gasteiger partial charge < -0.3 is 14.8 Å². The van der Waals surface area contributed by atoms with E-state index in [0.29, 0.717) is 18.8 Å². The van der Waals surface area contributed by atoms with Crippen molar-refractivity contribution in [2.75, 3.05) is 18.5 Å². The summed E-state index contributed by atoms with van der Waals surface area (Å²) in [7, 11) is 0. The van der Waals surface area contributed by atoms with Crippen LogP contribution in [0.15, 0.2) is 18.2 Å². The fourth-order valence-corrected chi connectivity index (χ4v) is 2.40. The number of rotatable bonds is 4. The maximum absolute atomic E-state index is 5.57. The van der Waals surface area contributed by atoms with Crippen LogP contribution in [0.5, 0.6) is 5.75 Å². The molecule has 1 saturated heterocycles. The summed E-state index contributed by atoms with van der Waals surface area (Å²) in [6, 6.07) is 6.75. The van der Waals surface area contributed by atoms with Gasteiger partial charge in [-0.2, -0.15) is 0 Å². The molecule has 1 aromatic rings. The maximum Gasteiger partial charge on any atom is 0.119 e. The highest BCUT2D eigenvalue weighted by Crippen LogP contribution is 2.24. The van der Waals surface area contributed by atoms with Gasteiger partial charge in [0, 0.05) is 18.3 Å². The first-order chi connectivity index (χ1) is 8.69. The number of anilines is 1. The van der Waals surface area contributed by atoms with Crippen LogP contribution in [0, 0.1) is 6.92 Å². The lowest BCUT2D eigenvalue weighted by Crippen LogP contribution is -2.32. The average Bonchev–Trinajstić information content (AvgIpc) is 2.33. The molecule has 1 aliphatic heterocycles. The number of hydrogen-bond donors (Lipinski definition) is 1. The fraction of sp³-hybridized carbons (Fsp3) is 0.600. The van der Waals surface area contributed by atoms with Crippen LogP contribution in [0.25, 0.3) is 0 Å². The normalized spacial score (nSPS) is 23.7. The van der Waals surface area contributed by atoms with E-state index in [1.807, 2.05) is 13.0 Å². The molecule has 1 aromatic carbocycles. The van der Waals surface area contributed by atoms with Gasteiger partial charge in [-0.05, 0) is 57.4 Å². The van der Waals surface area contributed by atoms with Gasteiger partial charge in [0.05, 0.1) is 12.7 Å². The van der Waals surface area contributed by atoms with E-state index in [4.69, 9.17) is 9.47 Å². The van der Waals surface area contributed by atoms with Gasteiger partial charge in [-0.3, -0.25) is 0 Å². The number of ether oxygens (including phenoxy) is 2. The van der Waals surface area contributed by atoms with Gasteiger partial charge in [-0.25, -0.2) is 0 Å². The van der Waals surface area contributed by atoms with Crippen LogP contribution in [0.2, 0.25) is 0 Å². The van der Waals surface area contributed by atoms with E-state index in [9.17, 15) is 0 Å². The molecule has 0 aliphatic carbocycles. The highest BCUT2D eigenvalue weighted by Gasteiger charge is 2.19. The van der Waals surface area contributed by atoms with Crippen molar-refractivity contribution in [3.05, 3.63) is 23.8 Å². The highest BCUT2D eigenvalue weighted by molar-refractivity contribution is 5.54. The first kappa shape index (κ1) is 13.2. The average molecular weight is 249 g/mol. The third kappa shape index (κ3) is 3.39. The highest BCUT2D eigenvalue weighted by atomic mass is 16.5. The molecule has 100 valence electrons. The number of benzene rings is 1. The van der Waals surface area contributed by atoms with Crippen LogP contribution in [0.4, 0.5) is 5.69 Å². The second kappa shape index (κ2) is 6.10. The maximum atomic E-state index is 5.57. The fourth-order valence-electron chi connectivity index (χ4n) is 2.40. The van der Waals surface area contributed by atoms with E-state index in [1.165, 1.54) is 11.3 Å². The molecule has 1 aliphatic rings. The Labute approximate surface area is 109 Å². The van der Waals surface area contributed by atoms with Gasteiger partial charge in [0.2, 0.25) is 0 Å². The first-order valence-corrected chi connectivity index (χ1v) is 6.80. The van der Waals surface area contributed by atoms with Crippen molar-refractivity contribution in [3.63, 3.8) is 0 Å². The molecule has 2 atom stereocenters. The zero-order chi connectivity index (χ0) is 13.0. The molecule has 0 spiro atoms. The van der Waals surface area contributed by atoms with Gasteiger partial charge in [0.15, 0.2) is 0 Å². The Bertz CT molecular complexity index is 392. The Kier molecular flexibility index (Phi) is 4.48. The molecule has 18 heavy (non-hydrogen) atoms. The molecule has 3 heteroatoms. The Morgan fingerprint density at radius 2 is 2.28 bits per heavy atom. The van der Waals surface area contributed by atoms with E-state index in [-0.39, 0.29) is 0 Å². The lowest BCUT2D eigenvalue weighted by molar-refractivity contribution is 0.0232. The quantitative estimate of drug-likeness (QED) is 0.887. The number of aryl methyl sites for hydroxylation is 1. The Morgan fingerprint density at radius 3 is 2.94 bits per heavy atom. The zero-order valence-electron chi connectivity index (χ0n) is 11.5. The van der Waals surface area contributed by atoms with E-state index >= 15 is 0 Å². The van der Waals surface area contributed by atoms with Crippen LogP contribution in [0.3, 0.4) is 0 Å². The van der Waals surface area contributed by atoms with Gasteiger partial charge in [0.1, 0.15) is 5.75 Å². The minimum atomic E-state index is 0.360. The van der Waals surface area contributed by atoms with Gasteiger partial charge in [-0.15, -0.1) is 0 Å². The summed E-state index contributed by atoms with van der Waals surface area (Å²) in [6.45, 7) is 7.83. The summed E-state index contributed by atoms with van der Waals surface area (Å²) < 4.78 is 11.1. The minimum absolute atomic E-state index is 0.360. The van der Waals surface area contributed by atoms with Crippen molar-refractivity contribution in [2.45, 2.75) is 45.8 Å². The molecule has 3 nitrogen and oxygen atoms in total. The SMILES string of the molecule is CCOc1ccc(NC2CCOC(C)C2)c(C)c1. The summed E-state index contributed by atoms with van der Waals surface area (Å²) in [5, 5.41) is 3.61. The van der Waals surface area contributed by atoms with Crippen molar-refractivity contribution >= 4 is 5.69 Å². The zero-order valence-corrected chi connectivity index (χ0v) is 11.5. The van der Waals surface area contributed by atoms with Crippen LogP contribution in [-0.4, -0.2) is 25.4 Å². The summed E-state index contributed by atoms with van der Waals surface area (Å²) >= 11 is 0. The monoisotopic (exact) mass is 249 g/mol. The van der Waals surface area contributed by atoms with Crippen molar-refractivity contribution in [3.8, 4) is 5.75 Å². The lowest BCUT2D eigenvalue weighted by Gasteiger charge is -2.29. The second-order valence-electron chi connectivity index (χ2n) is 4.96. The molecule has 0 aromatic heterocycles. The summed E-state index contributed by atoms with van der Waals surface area (Å²) in [6.07, 6.45) is 2.52. The topological polar surface area (TPSA) is 30.5 Å². The smallest absolute Gasteiger partial charge is 0.119 e. The van der Waals surface area contributed by atoms with Gasteiger partial charge in [-0.1, -0.05) is 0 Å². The Balaban J connectivity index is 2.00. The predicted octanol–water partition coefficient (Wildman–Crippen LogP) is 3.37. The third-order valence-corrected chi connectivity index (χ3v) is 3.35. The Hall–Kier alpha value is -1.22. The summed E-state index contributed by atoms with van der Waals surface area (Å²) in [5.41, 5.74) is 2.44. The van der Waals surface area contributed by atoms with Gasteiger partial charge in [0.25, 0.3) is 0 Å². The Morgan fingerprint density at radius 1 is 1.44 bits per heavy atom. The van der Waals surface area contributed by atoms with Crippen molar-refractivity contribution < 1.29 is 9.47 Å². The molecule has 2 unspecified atom stereocenters. The molecular formula is C15H23NO2. The van der Waals surface area contributed by atoms with Gasteiger partial charge >= 0.3 is 0 Å². The van der Waals surface area contributed by atoms with Crippen LogP contribution in [0.1, 0.15) is 32.3 Å². The molecule has 0 bridgehead atoms. The number of nitrogens with one attached hydrogen (secondary N) is 1. The molecule has 0 saturated carbocycles. The molecule has 1 fully saturated rings. The van der Waals surface area contributed by atoms with E-state index in [2.05, 4.69) is 31.3 Å². The van der Waals surface area contributed by atoms with Crippen LogP contribution in [-0.2, 0) is 4.74 Å². The lowest BCUT2D eigenvalue weighted by atomic mass is 10.0. The number of hydrogen-bond acceptors (Lipinski definition) is 3. The summed E-state index contributed by atoms with van der Waals surface area (Å²) in [5.74, 6) is 0.945. The predicted molar refractivity (Wildman–Crippen MR) is 74.4 cm³/mol. The van der Waals surface area contributed by atoms with Crippen LogP contribution < -0.4 is 10.1 Å². The summed E-state index contributed by atoms with van der Waals surface area (Å²) in [4.78, 5) is 0. The minimum Gasteiger partial charge on any atom is -0.494 e. The molecule has 1 N–H and O–H groups in total. The van der Waals surface area contributed by atoms with Crippen molar-refractivity contribution in [1.82, 2.24) is 0 Å². The molecular weight excluding hydrogens is 226 g/mol. The van der Waals surface area contributed by atoms with E-state index in [1.54, 1.807) is 0 Å². The standard InChI is InChI=1S/C15H23NO2/c1-4-17-14-5-6-15(11(2)9-14)16-13-7-8-18-12(3)10-13/h5-6,9,12-13,16H,4,7-8,10H2,1-3H3.